The van der Waals surface area contributed by atoms with Crippen LogP contribution in [0.4, 0.5) is 5.69 Å². The first-order chi connectivity index (χ1) is 13.6. The van der Waals surface area contributed by atoms with Crippen molar-refractivity contribution in [3.63, 3.8) is 0 Å². The standard InChI is InChI=1S/C22H27N3O2S/c1-16(26)23-20-6-4-18(5-7-20)22(27)25-10-2-3-19-14-24(11-8-21(19)25)13-17-9-12-28-15-17/h4-7,9,12,15,19,21H,2-3,8,10-11,13-14H2,1H3,(H,23,26)/t19-,21-/m1/s1. The first-order valence-electron chi connectivity index (χ1n) is 10.0. The number of likely N-dealkylation sites (tertiary alicyclic amines) is 2. The monoisotopic (exact) mass is 397 g/mol. The Morgan fingerprint density at radius 2 is 1.96 bits per heavy atom. The number of nitrogens with one attached hydrogen (secondary N) is 1. The third kappa shape index (κ3) is 4.28. The van der Waals surface area contributed by atoms with Crippen molar-refractivity contribution in [3.05, 3.63) is 52.2 Å². The van der Waals surface area contributed by atoms with E-state index in [4.69, 9.17) is 0 Å². The summed E-state index contributed by atoms with van der Waals surface area (Å²) in [5.74, 6) is 0.575. The summed E-state index contributed by atoms with van der Waals surface area (Å²) < 4.78 is 0. The third-order valence-electron chi connectivity index (χ3n) is 5.85. The van der Waals surface area contributed by atoms with Crippen LogP contribution in [0.1, 0.15) is 42.1 Å². The van der Waals surface area contributed by atoms with Crippen LogP contribution in [0.3, 0.4) is 0 Å². The molecule has 0 unspecified atom stereocenters. The van der Waals surface area contributed by atoms with Crippen molar-refractivity contribution in [1.82, 2.24) is 9.80 Å². The van der Waals surface area contributed by atoms with Crippen LogP contribution in [0.25, 0.3) is 0 Å². The van der Waals surface area contributed by atoms with Gasteiger partial charge < -0.3 is 10.2 Å². The summed E-state index contributed by atoms with van der Waals surface area (Å²) in [5, 5.41) is 7.12. The van der Waals surface area contributed by atoms with E-state index in [1.54, 1.807) is 23.5 Å². The van der Waals surface area contributed by atoms with Crippen LogP contribution >= 0.6 is 11.3 Å². The van der Waals surface area contributed by atoms with Gasteiger partial charge in [-0.2, -0.15) is 11.3 Å². The summed E-state index contributed by atoms with van der Waals surface area (Å²) in [6.45, 7) is 5.47. The third-order valence-corrected chi connectivity index (χ3v) is 6.58. The fourth-order valence-corrected chi connectivity index (χ4v) is 5.24. The van der Waals surface area contributed by atoms with Crippen LogP contribution < -0.4 is 5.32 Å². The van der Waals surface area contributed by atoms with E-state index < -0.39 is 0 Å². The van der Waals surface area contributed by atoms with Gasteiger partial charge in [-0.1, -0.05) is 0 Å². The number of rotatable bonds is 4. The lowest BCUT2D eigenvalue weighted by Gasteiger charge is -2.47. The first-order valence-corrected chi connectivity index (χ1v) is 11.0. The molecule has 2 amide bonds. The highest BCUT2D eigenvalue weighted by atomic mass is 32.1. The molecule has 4 rings (SSSR count). The van der Waals surface area contributed by atoms with Gasteiger partial charge in [-0.15, -0.1) is 0 Å². The molecule has 5 nitrogen and oxygen atoms in total. The second-order valence-corrected chi connectivity index (χ2v) is 8.66. The molecule has 0 spiro atoms. The summed E-state index contributed by atoms with van der Waals surface area (Å²) in [6, 6.07) is 9.80. The molecule has 0 radical (unpaired) electrons. The van der Waals surface area contributed by atoms with E-state index in [9.17, 15) is 9.59 Å². The van der Waals surface area contributed by atoms with Crippen LogP contribution in [0.15, 0.2) is 41.1 Å². The number of thiophene rings is 1. The predicted molar refractivity (Wildman–Crippen MR) is 113 cm³/mol. The fraction of sp³-hybridized carbons (Fsp3) is 0.455. The molecule has 0 bridgehead atoms. The number of anilines is 1. The molecule has 6 heteroatoms. The van der Waals surface area contributed by atoms with E-state index in [-0.39, 0.29) is 11.8 Å². The molecule has 2 aromatic rings. The van der Waals surface area contributed by atoms with E-state index in [2.05, 4.69) is 31.9 Å². The van der Waals surface area contributed by atoms with E-state index in [0.717, 1.165) is 44.7 Å². The molecule has 2 atom stereocenters. The van der Waals surface area contributed by atoms with Crippen molar-refractivity contribution in [2.45, 2.75) is 38.8 Å². The molecule has 3 heterocycles. The number of benzene rings is 1. The lowest BCUT2D eigenvalue weighted by atomic mass is 9.83. The number of hydrogen-bond acceptors (Lipinski definition) is 4. The molecule has 2 aliphatic rings. The number of hydrogen-bond donors (Lipinski definition) is 1. The minimum absolute atomic E-state index is 0.104. The molecular formula is C22H27N3O2S. The zero-order chi connectivity index (χ0) is 19.5. The van der Waals surface area contributed by atoms with Crippen LogP contribution in [0.5, 0.6) is 0 Å². The van der Waals surface area contributed by atoms with E-state index >= 15 is 0 Å². The minimum atomic E-state index is -0.104. The minimum Gasteiger partial charge on any atom is -0.335 e. The molecular weight excluding hydrogens is 370 g/mol. The SMILES string of the molecule is CC(=O)Nc1ccc(C(=O)N2CCC[C@@H]3CN(Cc4ccsc4)CC[C@H]32)cc1. The maximum Gasteiger partial charge on any atom is 0.254 e. The van der Waals surface area contributed by atoms with E-state index in [1.165, 1.54) is 18.9 Å². The maximum atomic E-state index is 13.2. The van der Waals surface area contributed by atoms with Crippen LogP contribution in [-0.2, 0) is 11.3 Å². The maximum absolute atomic E-state index is 13.2. The lowest BCUT2D eigenvalue weighted by molar-refractivity contribution is -0.114. The van der Waals surface area contributed by atoms with Crippen molar-refractivity contribution < 1.29 is 9.59 Å². The zero-order valence-electron chi connectivity index (χ0n) is 16.3. The van der Waals surface area contributed by atoms with Gasteiger partial charge >= 0.3 is 0 Å². The normalized spacial score (nSPS) is 22.5. The summed E-state index contributed by atoms with van der Waals surface area (Å²) in [7, 11) is 0. The van der Waals surface area contributed by atoms with Crippen molar-refractivity contribution >= 4 is 28.8 Å². The van der Waals surface area contributed by atoms with Crippen molar-refractivity contribution in [3.8, 4) is 0 Å². The molecule has 0 aliphatic carbocycles. The molecule has 0 saturated carbocycles. The van der Waals surface area contributed by atoms with Gasteiger partial charge in [-0.05, 0) is 71.8 Å². The van der Waals surface area contributed by atoms with E-state index in [1.807, 2.05) is 12.1 Å². The number of piperidine rings is 2. The first kappa shape index (κ1) is 19.2. The highest BCUT2D eigenvalue weighted by Gasteiger charge is 2.38. The predicted octanol–water partition coefficient (Wildman–Crippen LogP) is 3.83. The number of nitrogens with zero attached hydrogens (tertiary/aromatic N) is 2. The number of carbonyl (C=O) groups excluding carboxylic acids is 2. The molecule has 1 aromatic carbocycles. The van der Waals surface area contributed by atoms with Gasteiger partial charge in [0.1, 0.15) is 0 Å². The number of amides is 2. The summed E-state index contributed by atoms with van der Waals surface area (Å²) >= 11 is 1.75. The van der Waals surface area contributed by atoms with E-state index in [0.29, 0.717) is 17.5 Å². The van der Waals surface area contributed by atoms with Crippen LogP contribution in [0, 0.1) is 5.92 Å². The molecule has 148 valence electrons. The van der Waals surface area contributed by atoms with Crippen molar-refractivity contribution in [2.24, 2.45) is 5.92 Å². The summed E-state index contributed by atoms with van der Waals surface area (Å²) in [4.78, 5) is 29.0. The van der Waals surface area contributed by atoms with Gasteiger partial charge in [0.2, 0.25) is 5.91 Å². The molecule has 2 saturated heterocycles. The Bertz CT molecular complexity index is 819. The van der Waals surface area contributed by atoms with Gasteiger partial charge in [0, 0.05) is 50.4 Å². The number of carbonyl (C=O) groups is 2. The van der Waals surface area contributed by atoms with Crippen LogP contribution in [-0.4, -0.2) is 47.3 Å². The topological polar surface area (TPSA) is 52.7 Å². The average Bonchev–Trinajstić information content (AvgIpc) is 3.20. The van der Waals surface area contributed by atoms with Gasteiger partial charge in [0.15, 0.2) is 0 Å². The van der Waals surface area contributed by atoms with Gasteiger partial charge in [0.25, 0.3) is 5.91 Å². The highest BCUT2D eigenvalue weighted by molar-refractivity contribution is 7.07. The summed E-state index contributed by atoms with van der Waals surface area (Å²) in [5.41, 5.74) is 2.82. The number of fused-ring (bicyclic) bond motifs is 1. The summed E-state index contributed by atoms with van der Waals surface area (Å²) in [6.07, 6.45) is 3.32. The van der Waals surface area contributed by atoms with Gasteiger partial charge in [-0.25, -0.2) is 0 Å². The zero-order valence-corrected chi connectivity index (χ0v) is 17.1. The second-order valence-electron chi connectivity index (χ2n) is 7.88. The Hall–Kier alpha value is -2.18. The van der Waals surface area contributed by atoms with Crippen molar-refractivity contribution in [1.29, 1.82) is 0 Å². The Morgan fingerprint density at radius 3 is 2.68 bits per heavy atom. The average molecular weight is 398 g/mol. The molecule has 28 heavy (non-hydrogen) atoms. The molecule has 1 aromatic heterocycles. The Kier molecular flexibility index (Phi) is 5.78. The Labute approximate surface area is 170 Å². The molecule has 1 N–H and O–H groups in total. The molecule has 2 aliphatic heterocycles. The lowest BCUT2D eigenvalue weighted by Crippen LogP contribution is -2.55. The molecule has 2 fully saturated rings. The quantitative estimate of drug-likeness (QED) is 0.853. The van der Waals surface area contributed by atoms with Gasteiger partial charge in [0.05, 0.1) is 0 Å². The van der Waals surface area contributed by atoms with Crippen molar-refractivity contribution in [2.75, 3.05) is 25.0 Å². The smallest absolute Gasteiger partial charge is 0.254 e. The Balaban J connectivity index is 1.41. The van der Waals surface area contributed by atoms with Crippen LogP contribution in [0.2, 0.25) is 0 Å². The fourth-order valence-electron chi connectivity index (χ4n) is 4.58. The van der Waals surface area contributed by atoms with Gasteiger partial charge in [-0.3, -0.25) is 14.5 Å². The highest BCUT2D eigenvalue weighted by Crippen LogP contribution is 2.32. The second kappa shape index (κ2) is 8.45. The Morgan fingerprint density at radius 1 is 1.14 bits per heavy atom. The largest absolute Gasteiger partial charge is 0.335 e.